The maximum Gasteiger partial charge on any atom is 0.124 e. The third-order valence-corrected chi connectivity index (χ3v) is 4.77. The minimum atomic E-state index is 0.590. The molecule has 0 bridgehead atoms. The molecule has 3 nitrogen and oxygen atoms in total. The van der Waals surface area contributed by atoms with Crippen molar-refractivity contribution in [3.63, 3.8) is 0 Å². The second-order valence-electron chi connectivity index (χ2n) is 7.37. The molecule has 1 N–H and O–H groups in total. The average molecular weight is 363 g/mol. The van der Waals surface area contributed by atoms with Gasteiger partial charge in [-0.25, -0.2) is 0 Å². The highest BCUT2D eigenvalue weighted by molar-refractivity contribution is 5.87. The van der Waals surface area contributed by atoms with E-state index in [-0.39, 0.29) is 0 Å². The summed E-state index contributed by atoms with van der Waals surface area (Å²) in [4.78, 5) is 2.22. The van der Waals surface area contributed by atoms with Crippen LogP contribution in [-0.2, 0) is 13.2 Å². The van der Waals surface area contributed by atoms with Gasteiger partial charge in [0.2, 0.25) is 0 Å². The number of hydrogen-bond donors (Lipinski definition) is 1. The summed E-state index contributed by atoms with van der Waals surface area (Å²) in [5, 5.41) is 6.11. The Kier molecular flexibility index (Phi) is 6.86. The zero-order chi connectivity index (χ0) is 19.1. The Morgan fingerprint density at radius 3 is 2.48 bits per heavy atom. The van der Waals surface area contributed by atoms with E-state index in [0.29, 0.717) is 6.61 Å². The summed E-state index contributed by atoms with van der Waals surface area (Å²) < 4.78 is 6.22. The maximum absolute atomic E-state index is 6.22. The van der Waals surface area contributed by atoms with Crippen LogP contribution in [0, 0.1) is 6.92 Å². The van der Waals surface area contributed by atoms with Gasteiger partial charge in [0.05, 0.1) is 0 Å². The molecule has 0 radical (unpaired) electrons. The second-order valence-corrected chi connectivity index (χ2v) is 7.37. The van der Waals surface area contributed by atoms with Crippen molar-refractivity contribution in [2.24, 2.45) is 0 Å². The lowest BCUT2D eigenvalue weighted by molar-refractivity contribution is 0.302. The van der Waals surface area contributed by atoms with Gasteiger partial charge in [0.15, 0.2) is 0 Å². The summed E-state index contributed by atoms with van der Waals surface area (Å²) in [5.74, 6) is 0.967. The Morgan fingerprint density at radius 2 is 1.70 bits per heavy atom. The molecular formula is C24H30N2O. The Labute approximate surface area is 163 Å². The fraction of sp³-hybridized carbons (Fsp3) is 0.333. The Hall–Kier alpha value is -2.36. The van der Waals surface area contributed by atoms with E-state index < -0.39 is 0 Å². The molecule has 3 heteroatoms. The largest absolute Gasteiger partial charge is 0.489 e. The van der Waals surface area contributed by atoms with E-state index in [9.17, 15) is 0 Å². The molecule has 0 amide bonds. The first-order chi connectivity index (χ1) is 13.1. The smallest absolute Gasteiger partial charge is 0.124 e. The van der Waals surface area contributed by atoms with E-state index in [0.717, 1.165) is 31.8 Å². The van der Waals surface area contributed by atoms with Gasteiger partial charge in [-0.1, -0.05) is 60.2 Å². The van der Waals surface area contributed by atoms with Gasteiger partial charge in [0.1, 0.15) is 12.4 Å². The normalized spacial score (nSPS) is 11.3. The lowest BCUT2D eigenvalue weighted by atomic mass is 10.0. The Balaban J connectivity index is 1.73. The molecule has 27 heavy (non-hydrogen) atoms. The van der Waals surface area contributed by atoms with E-state index in [2.05, 4.69) is 91.9 Å². The Bertz CT molecular complexity index is 856. The highest BCUT2D eigenvalue weighted by Crippen LogP contribution is 2.28. The number of hydrogen-bond acceptors (Lipinski definition) is 3. The van der Waals surface area contributed by atoms with Crippen LogP contribution >= 0.6 is 0 Å². The summed E-state index contributed by atoms with van der Waals surface area (Å²) in [6, 6.07) is 21.3. The third-order valence-electron chi connectivity index (χ3n) is 4.77. The van der Waals surface area contributed by atoms with Crippen molar-refractivity contribution in [1.29, 1.82) is 0 Å². The molecule has 0 aromatic heterocycles. The van der Waals surface area contributed by atoms with Crippen molar-refractivity contribution in [3.8, 4) is 5.75 Å². The van der Waals surface area contributed by atoms with Gasteiger partial charge in [-0.05, 0) is 62.9 Å². The van der Waals surface area contributed by atoms with Crippen LogP contribution in [0.15, 0.2) is 60.7 Å². The number of benzene rings is 3. The molecule has 0 atom stereocenters. The molecule has 0 aliphatic carbocycles. The van der Waals surface area contributed by atoms with Gasteiger partial charge < -0.3 is 15.0 Å². The van der Waals surface area contributed by atoms with Gasteiger partial charge in [-0.15, -0.1) is 0 Å². The first kappa shape index (κ1) is 19.4. The highest BCUT2D eigenvalue weighted by atomic mass is 16.5. The first-order valence-electron chi connectivity index (χ1n) is 9.68. The van der Waals surface area contributed by atoms with Crippen molar-refractivity contribution in [3.05, 3.63) is 77.4 Å². The first-order valence-corrected chi connectivity index (χ1v) is 9.68. The van der Waals surface area contributed by atoms with Gasteiger partial charge in [0, 0.05) is 12.1 Å². The van der Waals surface area contributed by atoms with Crippen LogP contribution in [0.3, 0.4) is 0 Å². The number of aryl methyl sites for hydroxylation is 1. The zero-order valence-corrected chi connectivity index (χ0v) is 16.7. The predicted octanol–water partition coefficient (Wildman–Crippen LogP) is 4.77. The minimum absolute atomic E-state index is 0.590. The molecule has 0 spiro atoms. The average Bonchev–Trinajstić information content (AvgIpc) is 2.67. The van der Waals surface area contributed by atoms with Crippen LogP contribution < -0.4 is 10.1 Å². The standard InChI is InChI=1S/C24H30N2O/c1-19-9-11-20(12-10-19)18-27-24-14-13-21-7-4-5-8-22(21)23(24)17-25-15-6-16-26(2)3/h4-5,7-14,25H,6,15-18H2,1-3H3. The predicted molar refractivity (Wildman–Crippen MR) is 114 cm³/mol. The van der Waals surface area contributed by atoms with Crippen LogP contribution in [0.2, 0.25) is 0 Å². The van der Waals surface area contributed by atoms with E-state index in [1.54, 1.807) is 0 Å². The van der Waals surface area contributed by atoms with Crippen molar-refractivity contribution in [2.45, 2.75) is 26.5 Å². The number of nitrogens with zero attached hydrogens (tertiary/aromatic N) is 1. The van der Waals surface area contributed by atoms with Crippen LogP contribution in [0.25, 0.3) is 10.8 Å². The highest BCUT2D eigenvalue weighted by Gasteiger charge is 2.09. The van der Waals surface area contributed by atoms with E-state index in [1.807, 2.05) is 0 Å². The molecule has 0 fully saturated rings. The lowest BCUT2D eigenvalue weighted by Gasteiger charge is -2.16. The summed E-state index contributed by atoms with van der Waals surface area (Å²) in [7, 11) is 4.23. The molecule has 0 heterocycles. The number of fused-ring (bicyclic) bond motifs is 1. The molecule has 142 valence electrons. The fourth-order valence-corrected chi connectivity index (χ4v) is 3.21. The quantitative estimate of drug-likeness (QED) is 0.555. The van der Waals surface area contributed by atoms with Gasteiger partial charge in [-0.3, -0.25) is 0 Å². The van der Waals surface area contributed by atoms with Crippen LogP contribution in [0.1, 0.15) is 23.1 Å². The van der Waals surface area contributed by atoms with Crippen molar-refractivity contribution < 1.29 is 4.74 Å². The van der Waals surface area contributed by atoms with Gasteiger partial charge in [0.25, 0.3) is 0 Å². The molecule has 0 aliphatic rings. The Morgan fingerprint density at radius 1 is 0.926 bits per heavy atom. The summed E-state index contributed by atoms with van der Waals surface area (Å²) in [5.41, 5.74) is 3.70. The van der Waals surface area contributed by atoms with Crippen molar-refractivity contribution in [2.75, 3.05) is 27.2 Å². The van der Waals surface area contributed by atoms with Gasteiger partial charge in [-0.2, -0.15) is 0 Å². The number of ether oxygens (including phenoxy) is 1. The molecule has 3 rings (SSSR count). The van der Waals surface area contributed by atoms with Crippen LogP contribution in [0.4, 0.5) is 0 Å². The van der Waals surface area contributed by atoms with E-state index >= 15 is 0 Å². The number of rotatable bonds is 9. The zero-order valence-electron chi connectivity index (χ0n) is 16.7. The summed E-state index contributed by atoms with van der Waals surface area (Å²) in [6.07, 6.45) is 1.14. The van der Waals surface area contributed by atoms with E-state index in [4.69, 9.17) is 4.74 Å². The summed E-state index contributed by atoms with van der Waals surface area (Å²) >= 11 is 0. The molecule has 3 aromatic carbocycles. The molecule has 3 aromatic rings. The lowest BCUT2D eigenvalue weighted by Crippen LogP contribution is -2.21. The minimum Gasteiger partial charge on any atom is -0.489 e. The molecular weight excluding hydrogens is 332 g/mol. The molecule has 0 saturated carbocycles. The topological polar surface area (TPSA) is 24.5 Å². The fourth-order valence-electron chi connectivity index (χ4n) is 3.21. The van der Waals surface area contributed by atoms with Crippen molar-refractivity contribution in [1.82, 2.24) is 10.2 Å². The maximum atomic E-state index is 6.22. The van der Waals surface area contributed by atoms with Gasteiger partial charge >= 0.3 is 0 Å². The monoisotopic (exact) mass is 362 g/mol. The van der Waals surface area contributed by atoms with E-state index in [1.165, 1.54) is 27.5 Å². The number of nitrogens with one attached hydrogen (secondary N) is 1. The third kappa shape index (κ3) is 5.56. The van der Waals surface area contributed by atoms with Crippen LogP contribution in [0.5, 0.6) is 5.75 Å². The molecule has 0 saturated heterocycles. The molecule has 0 aliphatic heterocycles. The second kappa shape index (κ2) is 9.54. The van der Waals surface area contributed by atoms with Crippen LogP contribution in [-0.4, -0.2) is 32.1 Å². The molecule has 0 unspecified atom stereocenters. The summed E-state index contributed by atoms with van der Waals surface area (Å²) in [6.45, 7) is 5.61. The van der Waals surface area contributed by atoms with Crippen molar-refractivity contribution >= 4 is 10.8 Å². The SMILES string of the molecule is Cc1ccc(COc2ccc3ccccc3c2CNCCCN(C)C)cc1.